The summed E-state index contributed by atoms with van der Waals surface area (Å²) in [7, 11) is 0. The molecule has 18 heavy (non-hydrogen) atoms. The van der Waals surface area contributed by atoms with Crippen LogP contribution in [0.25, 0.3) is 0 Å². The number of thioether (sulfide) groups is 1. The molecule has 0 radical (unpaired) electrons. The molecule has 0 amide bonds. The van der Waals surface area contributed by atoms with Crippen molar-refractivity contribution in [2.24, 2.45) is 5.41 Å². The average Bonchev–Trinajstić information content (AvgIpc) is 2.26. The van der Waals surface area contributed by atoms with Crippen LogP contribution in [0.1, 0.15) is 33.6 Å². The zero-order chi connectivity index (χ0) is 13.3. The van der Waals surface area contributed by atoms with E-state index >= 15 is 0 Å². The van der Waals surface area contributed by atoms with Gasteiger partial charge in [0.15, 0.2) is 0 Å². The number of rotatable bonds is 2. The first-order valence-electron chi connectivity index (χ1n) is 6.40. The molecule has 1 aliphatic heterocycles. The SMILES string of the molecule is C=C1CC(C)(C)CC2=C1SCC(C(=O)OCC)N2. The van der Waals surface area contributed by atoms with Crippen molar-refractivity contribution in [1.29, 1.82) is 0 Å². The van der Waals surface area contributed by atoms with Crippen LogP contribution in [-0.2, 0) is 9.53 Å². The van der Waals surface area contributed by atoms with E-state index in [0.29, 0.717) is 6.61 Å². The lowest BCUT2D eigenvalue weighted by Gasteiger charge is -2.38. The Morgan fingerprint density at radius 3 is 2.94 bits per heavy atom. The van der Waals surface area contributed by atoms with Gasteiger partial charge in [-0.05, 0) is 30.8 Å². The Kier molecular flexibility index (Phi) is 3.76. The molecular weight excluding hydrogens is 246 g/mol. The van der Waals surface area contributed by atoms with Crippen LogP contribution in [0.3, 0.4) is 0 Å². The molecule has 1 aliphatic carbocycles. The molecule has 1 heterocycles. The van der Waals surface area contributed by atoms with E-state index in [1.54, 1.807) is 11.8 Å². The third kappa shape index (κ3) is 2.74. The number of hydrogen-bond acceptors (Lipinski definition) is 4. The maximum Gasteiger partial charge on any atom is 0.329 e. The number of esters is 1. The molecule has 4 heteroatoms. The van der Waals surface area contributed by atoms with E-state index in [1.165, 1.54) is 16.2 Å². The average molecular weight is 267 g/mol. The van der Waals surface area contributed by atoms with Crippen LogP contribution in [0.15, 0.2) is 22.8 Å². The molecular formula is C14H21NO2S. The first kappa shape index (κ1) is 13.5. The molecule has 0 aromatic heterocycles. The Morgan fingerprint density at radius 1 is 1.56 bits per heavy atom. The summed E-state index contributed by atoms with van der Waals surface area (Å²) in [5, 5.41) is 3.35. The third-order valence-corrected chi connectivity index (χ3v) is 4.58. The molecule has 1 N–H and O–H groups in total. The highest BCUT2D eigenvalue weighted by atomic mass is 32.2. The quantitative estimate of drug-likeness (QED) is 0.781. The van der Waals surface area contributed by atoms with Crippen LogP contribution >= 0.6 is 11.8 Å². The first-order valence-corrected chi connectivity index (χ1v) is 7.39. The topological polar surface area (TPSA) is 38.3 Å². The van der Waals surface area contributed by atoms with Gasteiger partial charge in [0.1, 0.15) is 6.04 Å². The van der Waals surface area contributed by atoms with Gasteiger partial charge in [0.2, 0.25) is 0 Å². The van der Waals surface area contributed by atoms with Crippen molar-refractivity contribution < 1.29 is 9.53 Å². The van der Waals surface area contributed by atoms with Crippen molar-refractivity contribution in [2.75, 3.05) is 12.4 Å². The lowest BCUT2D eigenvalue weighted by molar-refractivity contribution is -0.144. The minimum absolute atomic E-state index is 0.148. The van der Waals surface area contributed by atoms with Gasteiger partial charge < -0.3 is 10.1 Å². The zero-order valence-electron chi connectivity index (χ0n) is 11.3. The molecule has 1 unspecified atom stereocenters. The highest BCUT2D eigenvalue weighted by Crippen LogP contribution is 2.46. The maximum atomic E-state index is 11.8. The predicted octanol–water partition coefficient (Wildman–Crippen LogP) is 2.84. The Bertz CT molecular complexity index is 412. The van der Waals surface area contributed by atoms with Crippen LogP contribution in [0.5, 0.6) is 0 Å². The minimum atomic E-state index is -0.213. The molecule has 2 aliphatic rings. The van der Waals surface area contributed by atoms with Crippen LogP contribution in [0, 0.1) is 5.41 Å². The molecule has 0 fully saturated rings. The second-order valence-electron chi connectivity index (χ2n) is 5.69. The van der Waals surface area contributed by atoms with E-state index in [9.17, 15) is 4.79 Å². The van der Waals surface area contributed by atoms with Crippen LogP contribution in [-0.4, -0.2) is 24.4 Å². The van der Waals surface area contributed by atoms with Crippen LogP contribution in [0.2, 0.25) is 0 Å². The van der Waals surface area contributed by atoms with Crippen LogP contribution in [0.4, 0.5) is 0 Å². The summed E-state index contributed by atoms with van der Waals surface area (Å²) in [5.74, 6) is 0.586. The molecule has 1 atom stereocenters. The standard InChI is InChI=1S/C14H21NO2S/c1-5-17-13(16)11-8-18-12-9(2)6-14(3,4)7-10(12)15-11/h11,15H,2,5-8H2,1,3-4H3. The second-order valence-corrected chi connectivity index (χ2v) is 6.72. The van der Waals surface area contributed by atoms with Crippen molar-refractivity contribution in [1.82, 2.24) is 5.32 Å². The normalized spacial score (nSPS) is 26.4. The Balaban J connectivity index is 2.14. The summed E-state index contributed by atoms with van der Waals surface area (Å²) in [4.78, 5) is 13.0. The number of carbonyl (C=O) groups excluding carboxylic acids is 1. The summed E-state index contributed by atoms with van der Waals surface area (Å²) in [6, 6.07) is -0.213. The van der Waals surface area contributed by atoms with Crippen molar-refractivity contribution in [2.45, 2.75) is 39.7 Å². The lowest BCUT2D eigenvalue weighted by Crippen LogP contribution is -2.44. The van der Waals surface area contributed by atoms with Gasteiger partial charge in [0.25, 0.3) is 0 Å². The van der Waals surface area contributed by atoms with E-state index in [2.05, 4.69) is 25.7 Å². The van der Waals surface area contributed by atoms with Gasteiger partial charge in [0.05, 0.1) is 6.61 Å². The minimum Gasteiger partial charge on any atom is -0.464 e. The smallest absolute Gasteiger partial charge is 0.329 e. The fourth-order valence-corrected chi connectivity index (χ4v) is 3.72. The van der Waals surface area contributed by atoms with Gasteiger partial charge in [-0.2, -0.15) is 0 Å². The van der Waals surface area contributed by atoms with Crippen molar-refractivity contribution in [3.8, 4) is 0 Å². The van der Waals surface area contributed by atoms with Crippen LogP contribution < -0.4 is 5.32 Å². The molecule has 2 rings (SSSR count). The number of carbonyl (C=O) groups is 1. The van der Waals surface area contributed by atoms with E-state index in [4.69, 9.17) is 4.74 Å². The Labute approximate surface area is 113 Å². The van der Waals surface area contributed by atoms with Gasteiger partial charge in [0, 0.05) is 16.4 Å². The monoisotopic (exact) mass is 267 g/mol. The summed E-state index contributed by atoms with van der Waals surface area (Å²) in [5.41, 5.74) is 2.59. The molecule has 0 saturated heterocycles. The predicted molar refractivity (Wildman–Crippen MR) is 75.2 cm³/mol. The molecule has 3 nitrogen and oxygen atoms in total. The van der Waals surface area contributed by atoms with E-state index in [-0.39, 0.29) is 17.4 Å². The number of nitrogens with one attached hydrogen (secondary N) is 1. The van der Waals surface area contributed by atoms with E-state index in [1.807, 2.05) is 6.92 Å². The van der Waals surface area contributed by atoms with Crippen molar-refractivity contribution in [3.63, 3.8) is 0 Å². The lowest BCUT2D eigenvalue weighted by atomic mass is 9.77. The molecule has 0 spiro atoms. The molecule has 100 valence electrons. The maximum absolute atomic E-state index is 11.8. The zero-order valence-corrected chi connectivity index (χ0v) is 12.2. The second kappa shape index (κ2) is 5.00. The highest BCUT2D eigenvalue weighted by molar-refractivity contribution is 8.03. The molecule has 0 aromatic carbocycles. The third-order valence-electron chi connectivity index (χ3n) is 3.26. The van der Waals surface area contributed by atoms with Gasteiger partial charge in [-0.25, -0.2) is 4.79 Å². The molecule has 0 saturated carbocycles. The fourth-order valence-electron chi connectivity index (χ4n) is 2.59. The van der Waals surface area contributed by atoms with E-state index in [0.717, 1.165) is 18.6 Å². The van der Waals surface area contributed by atoms with Crippen molar-refractivity contribution in [3.05, 3.63) is 22.8 Å². The number of hydrogen-bond donors (Lipinski definition) is 1. The number of ether oxygens (including phenoxy) is 1. The summed E-state index contributed by atoms with van der Waals surface area (Å²) >= 11 is 1.74. The highest BCUT2D eigenvalue weighted by Gasteiger charge is 2.35. The van der Waals surface area contributed by atoms with Crippen molar-refractivity contribution >= 4 is 17.7 Å². The van der Waals surface area contributed by atoms with Gasteiger partial charge >= 0.3 is 5.97 Å². The van der Waals surface area contributed by atoms with Gasteiger partial charge in [-0.15, -0.1) is 11.8 Å². The Hall–Kier alpha value is -0.900. The largest absolute Gasteiger partial charge is 0.464 e. The van der Waals surface area contributed by atoms with Gasteiger partial charge in [-0.3, -0.25) is 0 Å². The first-order chi connectivity index (χ1) is 8.43. The summed E-state index contributed by atoms with van der Waals surface area (Å²) < 4.78 is 5.08. The molecule has 0 bridgehead atoms. The number of allylic oxidation sites excluding steroid dienone is 2. The van der Waals surface area contributed by atoms with Gasteiger partial charge in [-0.1, -0.05) is 20.4 Å². The fraction of sp³-hybridized carbons (Fsp3) is 0.643. The summed E-state index contributed by atoms with van der Waals surface area (Å²) in [6.45, 7) is 10.9. The molecule has 0 aromatic rings. The van der Waals surface area contributed by atoms with E-state index < -0.39 is 0 Å². The summed E-state index contributed by atoms with van der Waals surface area (Å²) in [6.07, 6.45) is 2.01. The Morgan fingerprint density at radius 2 is 2.28 bits per heavy atom.